The molecule has 1 saturated heterocycles. The van der Waals surface area contributed by atoms with E-state index in [1.54, 1.807) is 12.4 Å². The highest BCUT2D eigenvalue weighted by Crippen LogP contribution is 2.14. The van der Waals surface area contributed by atoms with E-state index in [4.69, 9.17) is 15.2 Å². The van der Waals surface area contributed by atoms with Gasteiger partial charge in [0, 0.05) is 39.3 Å². The second-order valence-corrected chi connectivity index (χ2v) is 6.71. The van der Waals surface area contributed by atoms with Gasteiger partial charge >= 0.3 is 5.97 Å². The summed E-state index contributed by atoms with van der Waals surface area (Å²) in [4.78, 5) is 24.7. The van der Waals surface area contributed by atoms with Crippen molar-refractivity contribution in [2.24, 2.45) is 5.73 Å². The van der Waals surface area contributed by atoms with Gasteiger partial charge < -0.3 is 20.1 Å². The van der Waals surface area contributed by atoms with E-state index in [0.717, 1.165) is 32.7 Å². The molecule has 1 aliphatic rings. The third-order valence-corrected chi connectivity index (χ3v) is 3.49. The molecule has 2 rings (SSSR count). The van der Waals surface area contributed by atoms with E-state index in [1.165, 1.54) is 0 Å². The molecular formula is C16H27N5O3. The number of rotatable bonds is 6. The first kappa shape index (κ1) is 18.4. The predicted molar refractivity (Wildman–Crippen MR) is 91.1 cm³/mol. The summed E-state index contributed by atoms with van der Waals surface area (Å²) in [6.07, 6.45) is 3.16. The van der Waals surface area contributed by atoms with E-state index in [2.05, 4.69) is 19.8 Å². The fourth-order valence-electron chi connectivity index (χ4n) is 2.41. The summed E-state index contributed by atoms with van der Waals surface area (Å²) in [5.41, 5.74) is 5.06. The highest BCUT2D eigenvalue weighted by atomic mass is 16.6. The van der Waals surface area contributed by atoms with Crippen molar-refractivity contribution in [1.82, 2.24) is 14.9 Å². The van der Waals surface area contributed by atoms with E-state index in [0.29, 0.717) is 18.2 Å². The second kappa shape index (κ2) is 8.25. The number of aromatic nitrogens is 2. The molecule has 1 aliphatic heterocycles. The molecule has 8 nitrogen and oxygen atoms in total. The maximum atomic E-state index is 11.6. The largest absolute Gasteiger partial charge is 0.479 e. The highest BCUT2D eigenvalue weighted by Gasteiger charge is 2.19. The topological polar surface area (TPSA) is 93.8 Å². The summed E-state index contributed by atoms with van der Waals surface area (Å²) in [6.45, 7) is 10.6. The molecule has 0 saturated carbocycles. The van der Waals surface area contributed by atoms with Crippen molar-refractivity contribution >= 4 is 11.9 Å². The minimum atomic E-state index is -0.521. The Labute approximate surface area is 142 Å². The van der Waals surface area contributed by atoms with Gasteiger partial charge in [0.05, 0.1) is 12.4 Å². The summed E-state index contributed by atoms with van der Waals surface area (Å²) in [5, 5.41) is 0. The molecule has 0 spiro atoms. The van der Waals surface area contributed by atoms with Gasteiger partial charge in [-0.2, -0.15) is 0 Å². The number of anilines is 1. The van der Waals surface area contributed by atoms with Crippen molar-refractivity contribution in [1.29, 1.82) is 0 Å². The van der Waals surface area contributed by atoms with Crippen molar-refractivity contribution in [3.05, 3.63) is 12.4 Å². The second-order valence-electron chi connectivity index (χ2n) is 6.71. The molecular weight excluding hydrogens is 310 g/mol. The minimum absolute atomic E-state index is 0.155. The number of nitrogens with two attached hydrogens (primary N) is 1. The summed E-state index contributed by atoms with van der Waals surface area (Å²) in [5.74, 6) is 0.709. The molecule has 0 amide bonds. The monoisotopic (exact) mass is 337 g/mol. The Hall–Kier alpha value is -1.93. The lowest BCUT2D eigenvalue weighted by Gasteiger charge is -2.34. The van der Waals surface area contributed by atoms with Gasteiger partial charge in [-0.05, 0) is 20.8 Å². The van der Waals surface area contributed by atoms with Crippen molar-refractivity contribution < 1.29 is 14.3 Å². The Balaban J connectivity index is 1.80. The molecule has 0 aromatic carbocycles. The van der Waals surface area contributed by atoms with Gasteiger partial charge in [-0.1, -0.05) is 0 Å². The number of piperazine rings is 1. The summed E-state index contributed by atoms with van der Waals surface area (Å²) in [7, 11) is 0. The van der Waals surface area contributed by atoms with Crippen LogP contribution < -0.4 is 15.4 Å². The number of nitrogens with zero attached hydrogens (tertiary/aromatic N) is 4. The molecule has 1 aromatic rings. The number of hydrogen-bond donors (Lipinski definition) is 1. The van der Waals surface area contributed by atoms with Crippen LogP contribution in [-0.4, -0.2) is 72.3 Å². The Morgan fingerprint density at radius 2 is 1.83 bits per heavy atom. The zero-order chi connectivity index (χ0) is 17.6. The van der Waals surface area contributed by atoms with Crippen molar-refractivity contribution in [2.45, 2.75) is 26.4 Å². The molecule has 134 valence electrons. The molecule has 0 radical (unpaired) electrons. The Bertz CT molecular complexity index is 522. The first-order chi connectivity index (χ1) is 11.4. The predicted octanol–water partition coefficient (Wildman–Crippen LogP) is 0.278. The normalized spacial score (nSPS) is 16.1. The van der Waals surface area contributed by atoms with Gasteiger partial charge in [-0.15, -0.1) is 0 Å². The zero-order valence-corrected chi connectivity index (χ0v) is 14.7. The average Bonchev–Trinajstić information content (AvgIpc) is 2.53. The maximum Gasteiger partial charge on any atom is 0.344 e. The van der Waals surface area contributed by atoms with Gasteiger partial charge in [0.15, 0.2) is 12.4 Å². The van der Waals surface area contributed by atoms with Crippen LogP contribution in [0.2, 0.25) is 0 Å². The fraction of sp³-hybridized carbons (Fsp3) is 0.688. The fourth-order valence-corrected chi connectivity index (χ4v) is 2.41. The van der Waals surface area contributed by atoms with Crippen molar-refractivity contribution in [3.63, 3.8) is 0 Å². The molecule has 0 atom stereocenters. The van der Waals surface area contributed by atoms with E-state index in [1.807, 2.05) is 20.8 Å². The van der Waals surface area contributed by atoms with Gasteiger partial charge in [0.1, 0.15) is 5.60 Å². The first-order valence-corrected chi connectivity index (χ1v) is 8.21. The SMILES string of the molecule is CC(C)(C)OC(=O)COc1cnc(N2CCN(CCN)CC2)nc1. The quantitative estimate of drug-likeness (QED) is 0.740. The molecule has 8 heteroatoms. The van der Waals surface area contributed by atoms with E-state index in [-0.39, 0.29) is 6.61 Å². The standard InChI is InChI=1S/C16H27N5O3/c1-16(2,3)24-14(22)12-23-13-10-18-15(19-11-13)21-8-6-20(5-4-17)7-9-21/h10-11H,4-9,12,17H2,1-3H3. The maximum absolute atomic E-state index is 11.6. The van der Waals surface area contributed by atoms with Crippen LogP contribution in [0.15, 0.2) is 12.4 Å². The molecule has 24 heavy (non-hydrogen) atoms. The Kier molecular flexibility index (Phi) is 6.33. The van der Waals surface area contributed by atoms with E-state index < -0.39 is 11.6 Å². The van der Waals surface area contributed by atoms with Crippen LogP contribution in [0.5, 0.6) is 5.75 Å². The first-order valence-electron chi connectivity index (χ1n) is 8.21. The Morgan fingerprint density at radius 1 is 1.21 bits per heavy atom. The number of hydrogen-bond acceptors (Lipinski definition) is 8. The molecule has 0 unspecified atom stereocenters. The van der Waals surface area contributed by atoms with Gasteiger partial charge in [0.2, 0.25) is 5.95 Å². The number of carbonyl (C=O) groups is 1. The van der Waals surface area contributed by atoms with Gasteiger partial charge in [-0.3, -0.25) is 4.90 Å². The smallest absolute Gasteiger partial charge is 0.344 e. The molecule has 1 aromatic heterocycles. The summed E-state index contributed by atoms with van der Waals surface area (Å²) in [6, 6.07) is 0. The van der Waals surface area contributed by atoms with Crippen LogP contribution >= 0.6 is 0 Å². The van der Waals surface area contributed by atoms with Crippen LogP contribution in [0.3, 0.4) is 0 Å². The number of ether oxygens (including phenoxy) is 2. The van der Waals surface area contributed by atoms with Crippen molar-refractivity contribution in [2.75, 3.05) is 50.8 Å². The van der Waals surface area contributed by atoms with Gasteiger partial charge in [0.25, 0.3) is 0 Å². The van der Waals surface area contributed by atoms with Crippen LogP contribution in [-0.2, 0) is 9.53 Å². The average molecular weight is 337 g/mol. The summed E-state index contributed by atoms with van der Waals surface area (Å²) < 4.78 is 10.5. The number of carbonyl (C=O) groups excluding carboxylic acids is 1. The third-order valence-electron chi connectivity index (χ3n) is 3.49. The van der Waals surface area contributed by atoms with Crippen LogP contribution in [0, 0.1) is 0 Å². The van der Waals surface area contributed by atoms with E-state index in [9.17, 15) is 4.79 Å². The van der Waals surface area contributed by atoms with Crippen LogP contribution in [0.25, 0.3) is 0 Å². The molecule has 0 aliphatic carbocycles. The highest BCUT2D eigenvalue weighted by molar-refractivity contribution is 5.71. The van der Waals surface area contributed by atoms with Gasteiger partial charge in [-0.25, -0.2) is 14.8 Å². The van der Waals surface area contributed by atoms with Crippen molar-refractivity contribution in [3.8, 4) is 5.75 Å². The van der Waals surface area contributed by atoms with Crippen LogP contribution in [0.1, 0.15) is 20.8 Å². The lowest BCUT2D eigenvalue weighted by atomic mass is 10.2. The zero-order valence-electron chi connectivity index (χ0n) is 14.7. The molecule has 2 N–H and O–H groups in total. The molecule has 2 heterocycles. The molecule has 0 bridgehead atoms. The molecule has 1 fully saturated rings. The lowest BCUT2D eigenvalue weighted by molar-refractivity contribution is -0.157. The lowest BCUT2D eigenvalue weighted by Crippen LogP contribution is -2.48. The minimum Gasteiger partial charge on any atom is -0.479 e. The third kappa shape index (κ3) is 5.93. The van der Waals surface area contributed by atoms with Crippen LogP contribution in [0.4, 0.5) is 5.95 Å². The Morgan fingerprint density at radius 3 is 2.38 bits per heavy atom. The summed E-state index contributed by atoms with van der Waals surface area (Å²) >= 11 is 0. The van der Waals surface area contributed by atoms with E-state index >= 15 is 0 Å². The number of esters is 1.